The van der Waals surface area contributed by atoms with Crippen LogP contribution in [0.1, 0.15) is 83.7 Å². The van der Waals surface area contributed by atoms with E-state index in [1.807, 2.05) is 12.1 Å². The van der Waals surface area contributed by atoms with Gasteiger partial charge in [0.25, 0.3) is 11.8 Å². The Kier molecular flexibility index (Phi) is 7.71. The number of carbonyl (C=O) groups is 3. The largest absolute Gasteiger partial charge is 0.382 e. The van der Waals surface area contributed by atoms with Crippen LogP contribution in [-0.2, 0) is 6.42 Å². The number of rotatable bonds is 5. The van der Waals surface area contributed by atoms with Crippen molar-refractivity contribution in [2.24, 2.45) is 16.9 Å². The molecule has 0 unspecified atom stereocenters. The highest BCUT2D eigenvalue weighted by atomic mass is 19.1. The Hall–Kier alpha value is -4.40. The first-order valence-corrected chi connectivity index (χ1v) is 14.0. The highest BCUT2D eigenvalue weighted by Gasteiger charge is 2.35. The molecule has 0 spiro atoms. The number of anilines is 1. The van der Waals surface area contributed by atoms with Crippen molar-refractivity contribution >= 4 is 34.3 Å². The van der Waals surface area contributed by atoms with Gasteiger partial charge in [0, 0.05) is 41.0 Å². The highest BCUT2D eigenvalue weighted by Crippen LogP contribution is 2.43. The van der Waals surface area contributed by atoms with Crippen LogP contribution < -0.4 is 16.8 Å². The summed E-state index contributed by atoms with van der Waals surface area (Å²) in [4.78, 5) is 38.2. The lowest BCUT2D eigenvalue weighted by Gasteiger charge is -2.30. The molecule has 1 saturated carbocycles. The number of fused-ring (bicyclic) bond motifs is 3. The Morgan fingerprint density at radius 3 is 2.39 bits per heavy atom. The fourth-order valence-electron chi connectivity index (χ4n) is 6.08. The number of aromatic nitrogens is 2. The number of benzene rings is 2. The summed E-state index contributed by atoms with van der Waals surface area (Å²) < 4.78 is 15.9. The maximum Gasteiger partial charge on any atom is 0.265 e. The molecule has 9 heteroatoms. The third-order valence-corrected chi connectivity index (χ3v) is 7.96. The molecule has 0 atom stereocenters. The summed E-state index contributed by atoms with van der Waals surface area (Å²) in [5.41, 5.74) is 15.3. The van der Waals surface area contributed by atoms with Gasteiger partial charge in [-0.1, -0.05) is 39.2 Å². The normalized spacial score (nSPS) is 16.5. The number of aromatic amines is 1. The second-order valence-electron chi connectivity index (χ2n) is 11.8. The molecule has 2 aromatic heterocycles. The van der Waals surface area contributed by atoms with E-state index in [4.69, 9.17) is 11.5 Å². The zero-order chi connectivity index (χ0) is 29.3. The summed E-state index contributed by atoms with van der Waals surface area (Å²) in [6.07, 6.45) is 8.48. The van der Waals surface area contributed by atoms with Gasteiger partial charge in [-0.05, 0) is 72.7 Å². The molecule has 1 aliphatic heterocycles. The number of nitrogens with one attached hydrogen (secondary N) is 2. The van der Waals surface area contributed by atoms with Crippen LogP contribution in [0.5, 0.6) is 0 Å². The molecule has 4 aromatic rings. The van der Waals surface area contributed by atoms with Crippen LogP contribution in [0.15, 0.2) is 54.7 Å². The van der Waals surface area contributed by atoms with Crippen molar-refractivity contribution in [1.82, 2.24) is 9.55 Å². The van der Waals surface area contributed by atoms with Crippen molar-refractivity contribution in [2.45, 2.75) is 64.8 Å². The van der Waals surface area contributed by atoms with Crippen LogP contribution in [0.25, 0.3) is 22.0 Å². The van der Waals surface area contributed by atoms with Crippen LogP contribution in [0.2, 0.25) is 0 Å². The third-order valence-electron chi connectivity index (χ3n) is 7.96. The van der Waals surface area contributed by atoms with Crippen molar-refractivity contribution in [3.8, 4) is 11.1 Å². The van der Waals surface area contributed by atoms with E-state index in [-0.39, 0.29) is 17.1 Å². The van der Waals surface area contributed by atoms with E-state index in [1.54, 1.807) is 35.0 Å². The summed E-state index contributed by atoms with van der Waals surface area (Å²) in [6.45, 7) is 4.17. The van der Waals surface area contributed by atoms with Crippen LogP contribution in [0.4, 0.5) is 10.1 Å². The molecule has 6 N–H and O–H groups in total. The number of nitrogens with two attached hydrogens (primary N) is 2. The Balaban J connectivity index is 0.000000365. The molecule has 6 rings (SSSR count). The first-order chi connectivity index (χ1) is 19.5. The zero-order valence-corrected chi connectivity index (χ0v) is 23.4. The molecular weight excluding hydrogens is 521 g/mol. The molecule has 41 heavy (non-hydrogen) atoms. The van der Waals surface area contributed by atoms with E-state index in [9.17, 15) is 18.8 Å². The molecule has 0 bridgehead atoms. The van der Waals surface area contributed by atoms with Gasteiger partial charge < -0.3 is 21.8 Å². The number of amides is 2. The number of halogens is 1. The minimum absolute atomic E-state index is 0.0163. The predicted molar refractivity (Wildman–Crippen MR) is 158 cm³/mol. The first kappa shape index (κ1) is 28.1. The maximum atomic E-state index is 14.2. The lowest BCUT2D eigenvalue weighted by atomic mass is 9.80. The molecule has 2 aromatic carbocycles. The van der Waals surface area contributed by atoms with Crippen molar-refractivity contribution in [3.63, 3.8) is 0 Å². The van der Waals surface area contributed by atoms with Gasteiger partial charge in [-0.25, -0.2) is 4.39 Å². The Morgan fingerprint density at radius 1 is 1.00 bits per heavy atom. The van der Waals surface area contributed by atoms with E-state index >= 15 is 0 Å². The van der Waals surface area contributed by atoms with E-state index in [2.05, 4.69) is 24.1 Å². The van der Waals surface area contributed by atoms with Crippen molar-refractivity contribution < 1.29 is 18.8 Å². The van der Waals surface area contributed by atoms with Gasteiger partial charge in [0.15, 0.2) is 0 Å². The van der Waals surface area contributed by atoms with Gasteiger partial charge in [0.05, 0.1) is 11.1 Å². The molecule has 1 aliphatic carbocycles. The van der Waals surface area contributed by atoms with Crippen molar-refractivity contribution in [3.05, 3.63) is 77.5 Å². The lowest BCUT2D eigenvalue weighted by Crippen LogP contribution is -2.31. The SMILES string of the molecule is CC1(C)CC(=O)n2c(c(-c3ccc(C(N)=O)c(NC4CCCCC4)c3)c3ccc(F)cc32)C1.NC(=O)c1ccc[nH]1. The van der Waals surface area contributed by atoms with Gasteiger partial charge in [-0.3, -0.25) is 19.0 Å². The van der Waals surface area contributed by atoms with Crippen LogP contribution >= 0.6 is 0 Å². The average Bonchev–Trinajstić information content (AvgIpc) is 3.55. The maximum absolute atomic E-state index is 14.2. The molecule has 3 heterocycles. The Labute approximate surface area is 238 Å². The fraction of sp³-hybridized carbons (Fsp3) is 0.344. The summed E-state index contributed by atoms with van der Waals surface area (Å²) in [7, 11) is 0. The minimum Gasteiger partial charge on any atom is -0.382 e. The second-order valence-corrected chi connectivity index (χ2v) is 11.8. The summed E-state index contributed by atoms with van der Waals surface area (Å²) in [5.74, 6) is -1.27. The quantitative estimate of drug-likeness (QED) is 0.239. The minimum atomic E-state index is -0.470. The number of H-pyrrole nitrogens is 1. The number of nitrogens with zero attached hydrogens (tertiary/aromatic N) is 1. The first-order valence-electron chi connectivity index (χ1n) is 14.0. The van der Waals surface area contributed by atoms with Crippen LogP contribution in [0, 0.1) is 11.2 Å². The monoisotopic (exact) mass is 557 g/mol. The van der Waals surface area contributed by atoms with Crippen LogP contribution in [-0.4, -0.2) is 33.3 Å². The van der Waals surface area contributed by atoms with Gasteiger partial charge in [-0.15, -0.1) is 0 Å². The molecule has 0 saturated heterocycles. The smallest absolute Gasteiger partial charge is 0.265 e. The topological polar surface area (TPSA) is 136 Å². The molecule has 2 amide bonds. The Bertz CT molecular complexity index is 1610. The standard InChI is InChI=1S/C27H30FN3O2.C5H6N2O/c1-27(2)14-23-25(20-11-9-17(28)13-22(20)31(23)24(32)15-27)16-8-10-19(26(29)33)21(12-16)30-18-6-4-3-5-7-18;6-5(8)4-2-1-3-7-4/h8-13,18,30H,3-7,14-15H2,1-2H3,(H2,29,33);1-3,7H,(H2,6,8). The van der Waals surface area contributed by atoms with Gasteiger partial charge >= 0.3 is 0 Å². The van der Waals surface area contributed by atoms with Crippen LogP contribution in [0.3, 0.4) is 0 Å². The predicted octanol–water partition coefficient (Wildman–Crippen LogP) is 6.02. The number of hydrogen-bond acceptors (Lipinski definition) is 4. The fourth-order valence-corrected chi connectivity index (χ4v) is 6.08. The molecule has 0 radical (unpaired) electrons. The Morgan fingerprint density at radius 2 is 1.76 bits per heavy atom. The van der Waals surface area contributed by atoms with Crippen molar-refractivity contribution in [2.75, 3.05) is 5.32 Å². The van der Waals surface area contributed by atoms with Gasteiger partial charge in [-0.2, -0.15) is 0 Å². The highest BCUT2D eigenvalue weighted by molar-refractivity contribution is 6.06. The summed E-state index contributed by atoms with van der Waals surface area (Å²) in [6, 6.07) is 13.9. The second kappa shape index (κ2) is 11.2. The molecule has 8 nitrogen and oxygen atoms in total. The molecule has 1 fully saturated rings. The van der Waals surface area contributed by atoms with E-state index < -0.39 is 11.8 Å². The number of carbonyl (C=O) groups excluding carboxylic acids is 3. The number of primary amides is 2. The average molecular weight is 558 g/mol. The zero-order valence-electron chi connectivity index (χ0n) is 23.4. The van der Waals surface area contributed by atoms with Crippen molar-refractivity contribution in [1.29, 1.82) is 0 Å². The van der Waals surface area contributed by atoms with E-state index in [0.29, 0.717) is 35.7 Å². The number of hydrogen-bond donors (Lipinski definition) is 4. The van der Waals surface area contributed by atoms with E-state index in [0.717, 1.165) is 40.7 Å². The summed E-state index contributed by atoms with van der Waals surface area (Å²) >= 11 is 0. The molecule has 2 aliphatic rings. The molecular formula is C32H36FN5O3. The lowest BCUT2D eigenvalue weighted by molar-refractivity contribution is 0.0816. The molecule has 214 valence electrons. The summed E-state index contributed by atoms with van der Waals surface area (Å²) in [5, 5.41) is 4.40. The van der Waals surface area contributed by atoms with Gasteiger partial charge in [0.1, 0.15) is 11.5 Å². The van der Waals surface area contributed by atoms with Gasteiger partial charge in [0.2, 0.25) is 5.91 Å². The van der Waals surface area contributed by atoms with E-state index in [1.165, 1.54) is 31.4 Å². The third kappa shape index (κ3) is 5.89.